The van der Waals surface area contributed by atoms with E-state index >= 15 is 0 Å². The number of rotatable bonds is 6. The standard InChI is InChI=1S/C21H27ClN4O2/c1-25(2)19-9-3-16(4-10-19)20(26-11-13-28-14-12-26)15-23-21(27)24-18-7-5-17(22)6-8-18/h3-10,20H,11-15H2,1-2H3,(H2,23,24,27)/t20-/m0/s1. The number of benzene rings is 2. The van der Waals surface area contributed by atoms with Crippen LogP contribution in [0.25, 0.3) is 0 Å². The molecule has 2 amide bonds. The van der Waals surface area contributed by atoms with Crippen LogP contribution in [0.2, 0.25) is 5.02 Å². The van der Waals surface area contributed by atoms with E-state index in [0.29, 0.717) is 30.5 Å². The van der Waals surface area contributed by atoms with E-state index in [1.165, 1.54) is 5.56 Å². The van der Waals surface area contributed by atoms with E-state index in [9.17, 15) is 4.79 Å². The first-order chi connectivity index (χ1) is 13.5. The monoisotopic (exact) mass is 402 g/mol. The molecule has 150 valence electrons. The maximum absolute atomic E-state index is 12.4. The fourth-order valence-electron chi connectivity index (χ4n) is 3.24. The van der Waals surface area contributed by atoms with Crippen LogP contribution >= 0.6 is 11.6 Å². The van der Waals surface area contributed by atoms with Crippen molar-refractivity contribution in [2.24, 2.45) is 0 Å². The van der Waals surface area contributed by atoms with Crippen molar-refractivity contribution in [3.63, 3.8) is 0 Å². The van der Waals surface area contributed by atoms with Crippen LogP contribution in [-0.4, -0.2) is 57.9 Å². The quantitative estimate of drug-likeness (QED) is 0.775. The fraction of sp³-hybridized carbons (Fsp3) is 0.381. The predicted octanol–water partition coefficient (Wildman–Crippen LogP) is 3.60. The Bertz CT molecular complexity index is 759. The molecule has 1 heterocycles. The summed E-state index contributed by atoms with van der Waals surface area (Å²) < 4.78 is 5.49. The molecular weight excluding hydrogens is 376 g/mol. The van der Waals surface area contributed by atoms with Crippen molar-refractivity contribution in [2.75, 3.05) is 57.2 Å². The second-order valence-corrected chi connectivity index (χ2v) is 7.43. The van der Waals surface area contributed by atoms with E-state index in [1.807, 2.05) is 14.1 Å². The maximum Gasteiger partial charge on any atom is 0.319 e. The topological polar surface area (TPSA) is 56.8 Å². The van der Waals surface area contributed by atoms with Gasteiger partial charge in [0.05, 0.1) is 19.3 Å². The molecule has 0 unspecified atom stereocenters. The maximum atomic E-state index is 12.4. The summed E-state index contributed by atoms with van der Waals surface area (Å²) in [7, 11) is 4.05. The molecule has 0 spiro atoms. The lowest BCUT2D eigenvalue weighted by Crippen LogP contribution is -2.44. The van der Waals surface area contributed by atoms with Crippen LogP contribution in [0, 0.1) is 0 Å². The highest BCUT2D eigenvalue weighted by Gasteiger charge is 2.23. The van der Waals surface area contributed by atoms with Crippen LogP contribution in [0.1, 0.15) is 11.6 Å². The normalized spacial score (nSPS) is 15.7. The van der Waals surface area contributed by atoms with Crippen LogP contribution in [-0.2, 0) is 4.74 Å². The number of anilines is 2. The number of hydrogen-bond donors (Lipinski definition) is 2. The largest absolute Gasteiger partial charge is 0.379 e. The lowest BCUT2D eigenvalue weighted by molar-refractivity contribution is 0.0168. The van der Waals surface area contributed by atoms with Crippen LogP contribution in [0.4, 0.5) is 16.2 Å². The minimum absolute atomic E-state index is 0.0936. The third kappa shape index (κ3) is 5.61. The zero-order valence-corrected chi connectivity index (χ0v) is 17.1. The molecule has 1 aliphatic rings. The highest BCUT2D eigenvalue weighted by molar-refractivity contribution is 6.30. The van der Waals surface area contributed by atoms with Crippen LogP contribution in [0.15, 0.2) is 48.5 Å². The third-order valence-corrected chi connectivity index (χ3v) is 5.09. The summed E-state index contributed by atoms with van der Waals surface area (Å²) in [5.41, 5.74) is 3.04. The average Bonchev–Trinajstić information content (AvgIpc) is 2.71. The first-order valence-corrected chi connectivity index (χ1v) is 9.80. The average molecular weight is 403 g/mol. The molecule has 28 heavy (non-hydrogen) atoms. The lowest BCUT2D eigenvalue weighted by Gasteiger charge is -2.35. The summed E-state index contributed by atoms with van der Waals surface area (Å²) in [6.45, 7) is 3.63. The number of nitrogens with one attached hydrogen (secondary N) is 2. The summed E-state index contributed by atoms with van der Waals surface area (Å²) in [5, 5.41) is 6.49. The Labute approximate surface area is 171 Å². The highest BCUT2D eigenvalue weighted by Crippen LogP contribution is 2.24. The van der Waals surface area contributed by atoms with Gasteiger partial charge in [-0.15, -0.1) is 0 Å². The first-order valence-electron chi connectivity index (χ1n) is 9.42. The first kappa shape index (κ1) is 20.5. The van der Waals surface area contributed by atoms with Crippen molar-refractivity contribution in [3.05, 3.63) is 59.1 Å². The van der Waals surface area contributed by atoms with Gasteiger partial charge in [0.2, 0.25) is 0 Å². The van der Waals surface area contributed by atoms with E-state index in [1.54, 1.807) is 24.3 Å². The Balaban J connectivity index is 1.66. The molecule has 2 aromatic rings. The molecule has 1 fully saturated rings. The van der Waals surface area contributed by atoms with Crippen molar-refractivity contribution >= 4 is 29.0 Å². The van der Waals surface area contributed by atoms with Crippen molar-refractivity contribution in [2.45, 2.75) is 6.04 Å². The van der Waals surface area contributed by atoms with Gasteiger partial charge in [0, 0.05) is 50.1 Å². The van der Waals surface area contributed by atoms with Gasteiger partial charge in [-0.2, -0.15) is 0 Å². The molecule has 2 aromatic carbocycles. The molecule has 0 saturated carbocycles. The van der Waals surface area contributed by atoms with Crippen molar-refractivity contribution in [3.8, 4) is 0 Å². The van der Waals surface area contributed by atoms with Gasteiger partial charge in [-0.3, -0.25) is 4.90 Å². The number of hydrogen-bond acceptors (Lipinski definition) is 4. The number of amides is 2. The summed E-state index contributed by atoms with van der Waals surface area (Å²) >= 11 is 5.89. The number of halogens is 1. The van der Waals surface area contributed by atoms with Gasteiger partial charge in [-0.05, 0) is 42.0 Å². The molecule has 0 bridgehead atoms. The van der Waals surface area contributed by atoms with Crippen molar-refractivity contribution < 1.29 is 9.53 Å². The number of urea groups is 1. The van der Waals surface area contributed by atoms with E-state index in [-0.39, 0.29) is 12.1 Å². The van der Waals surface area contributed by atoms with Gasteiger partial charge in [0.1, 0.15) is 0 Å². The van der Waals surface area contributed by atoms with Gasteiger partial charge < -0.3 is 20.3 Å². The van der Waals surface area contributed by atoms with E-state index in [4.69, 9.17) is 16.3 Å². The van der Waals surface area contributed by atoms with Crippen LogP contribution in [0.3, 0.4) is 0 Å². The second kappa shape index (κ2) is 9.78. The molecule has 1 saturated heterocycles. The fourth-order valence-corrected chi connectivity index (χ4v) is 3.37. The highest BCUT2D eigenvalue weighted by atomic mass is 35.5. The zero-order valence-electron chi connectivity index (χ0n) is 16.3. The predicted molar refractivity (Wildman–Crippen MR) is 114 cm³/mol. The molecule has 0 aliphatic carbocycles. The number of morpholine rings is 1. The Morgan fingerprint density at radius 1 is 1.11 bits per heavy atom. The Hall–Kier alpha value is -2.28. The SMILES string of the molecule is CN(C)c1ccc([C@H](CNC(=O)Nc2ccc(Cl)cc2)N2CCOCC2)cc1. The molecule has 1 atom stereocenters. The lowest BCUT2D eigenvalue weighted by atomic mass is 10.0. The van der Waals surface area contributed by atoms with Crippen molar-refractivity contribution in [1.82, 2.24) is 10.2 Å². The number of carbonyl (C=O) groups excluding carboxylic acids is 1. The minimum atomic E-state index is -0.231. The smallest absolute Gasteiger partial charge is 0.319 e. The van der Waals surface area contributed by atoms with Gasteiger partial charge in [-0.1, -0.05) is 23.7 Å². The summed E-state index contributed by atoms with van der Waals surface area (Å²) in [6, 6.07) is 15.4. The van der Waals surface area contributed by atoms with Crippen LogP contribution in [0.5, 0.6) is 0 Å². The van der Waals surface area contributed by atoms with Gasteiger partial charge in [0.15, 0.2) is 0 Å². The second-order valence-electron chi connectivity index (χ2n) is 6.99. The molecule has 0 radical (unpaired) electrons. The molecule has 0 aromatic heterocycles. The Kier molecular flexibility index (Phi) is 7.14. The zero-order chi connectivity index (χ0) is 19.9. The van der Waals surface area contributed by atoms with Crippen LogP contribution < -0.4 is 15.5 Å². The number of ether oxygens (including phenoxy) is 1. The summed E-state index contributed by atoms with van der Waals surface area (Å²) in [6.07, 6.45) is 0. The van der Waals surface area contributed by atoms with E-state index in [2.05, 4.69) is 44.7 Å². The van der Waals surface area contributed by atoms with E-state index in [0.717, 1.165) is 18.8 Å². The van der Waals surface area contributed by atoms with Gasteiger partial charge >= 0.3 is 6.03 Å². The molecule has 3 rings (SSSR count). The molecule has 6 nitrogen and oxygen atoms in total. The summed E-state index contributed by atoms with van der Waals surface area (Å²) in [5.74, 6) is 0. The number of carbonyl (C=O) groups is 1. The molecule has 1 aliphatic heterocycles. The minimum Gasteiger partial charge on any atom is -0.379 e. The van der Waals surface area contributed by atoms with E-state index < -0.39 is 0 Å². The Morgan fingerprint density at radius 3 is 2.36 bits per heavy atom. The third-order valence-electron chi connectivity index (χ3n) is 4.84. The van der Waals surface area contributed by atoms with Gasteiger partial charge in [0.25, 0.3) is 0 Å². The number of nitrogens with zero attached hydrogens (tertiary/aromatic N) is 2. The molecule has 7 heteroatoms. The Morgan fingerprint density at radius 2 is 1.75 bits per heavy atom. The van der Waals surface area contributed by atoms with Crippen molar-refractivity contribution in [1.29, 1.82) is 0 Å². The molecular formula is C21H27ClN4O2. The van der Waals surface area contributed by atoms with Gasteiger partial charge in [-0.25, -0.2) is 4.79 Å². The molecule has 2 N–H and O–H groups in total. The summed E-state index contributed by atoms with van der Waals surface area (Å²) in [4.78, 5) is 16.8.